The van der Waals surface area contributed by atoms with Crippen LogP contribution in [0, 0.1) is 25.7 Å². The lowest BCUT2D eigenvalue weighted by Crippen LogP contribution is -2.39. The number of sulfonamides is 1. The van der Waals surface area contributed by atoms with Crippen LogP contribution in [0.25, 0.3) is 0 Å². The number of benzene rings is 1. The Morgan fingerprint density at radius 2 is 1.85 bits per heavy atom. The molecule has 2 aliphatic carbocycles. The molecule has 1 aromatic carbocycles. The Hall–Kier alpha value is -1.56. The number of nitrogens with zero attached hydrogens (tertiary/aromatic N) is 1. The summed E-state index contributed by atoms with van der Waals surface area (Å²) < 4.78 is 25.9. The molecule has 144 valence electrons. The topological polar surface area (TPSA) is 66.5 Å². The molecule has 26 heavy (non-hydrogen) atoms. The van der Waals surface area contributed by atoms with Crippen molar-refractivity contribution in [2.45, 2.75) is 58.4 Å². The fourth-order valence-electron chi connectivity index (χ4n) is 4.66. The van der Waals surface area contributed by atoms with Crippen molar-refractivity contribution in [1.29, 1.82) is 0 Å². The molecule has 2 saturated carbocycles. The van der Waals surface area contributed by atoms with Crippen LogP contribution in [-0.4, -0.2) is 33.2 Å². The van der Waals surface area contributed by atoms with E-state index >= 15 is 0 Å². The lowest BCUT2D eigenvalue weighted by Gasteiger charge is -2.24. The summed E-state index contributed by atoms with van der Waals surface area (Å²) >= 11 is 0. The van der Waals surface area contributed by atoms with Crippen molar-refractivity contribution in [2.75, 3.05) is 17.1 Å². The number of anilines is 1. The monoisotopic (exact) mass is 378 g/mol. The van der Waals surface area contributed by atoms with Crippen LogP contribution in [0.2, 0.25) is 0 Å². The van der Waals surface area contributed by atoms with Crippen LogP contribution < -0.4 is 9.62 Å². The first-order valence-electron chi connectivity index (χ1n) is 9.58. The van der Waals surface area contributed by atoms with Crippen LogP contribution in [0.5, 0.6) is 0 Å². The van der Waals surface area contributed by atoms with Crippen LogP contribution in [0.3, 0.4) is 0 Å². The van der Waals surface area contributed by atoms with Crippen molar-refractivity contribution >= 4 is 21.6 Å². The van der Waals surface area contributed by atoms with E-state index in [1.807, 2.05) is 32.0 Å². The fraction of sp³-hybridized carbons (Fsp3) is 0.650. The third kappa shape index (κ3) is 4.58. The molecular weight excluding hydrogens is 348 g/mol. The average Bonchev–Trinajstić information content (AvgIpc) is 3.11. The molecule has 5 nitrogen and oxygen atoms in total. The summed E-state index contributed by atoms with van der Waals surface area (Å²) in [7, 11) is -3.38. The highest BCUT2D eigenvalue weighted by Gasteiger charge is 2.39. The SMILES string of the molecule is Cc1cc(C)cc(N(CCCC(=O)N[C@@H]2C[C@@H]3CC[C@@H]2C3)S(C)(=O)=O)c1. The molecule has 0 unspecified atom stereocenters. The average molecular weight is 379 g/mol. The molecule has 1 aromatic rings. The fourth-order valence-corrected chi connectivity index (χ4v) is 5.61. The number of carbonyl (C=O) groups excluding carboxylic acids is 1. The number of nitrogens with one attached hydrogen (secondary N) is 1. The summed E-state index contributed by atoms with van der Waals surface area (Å²) in [6, 6.07) is 6.12. The van der Waals surface area contributed by atoms with E-state index in [4.69, 9.17) is 0 Å². The second-order valence-corrected chi connectivity index (χ2v) is 10.0. The quantitative estimate of drug-likeness (QED) is 0.792. The zero-order valence-electron chi connectivity index (χ0n) is 16.0. The number of carbonyl (C=O) groups is 1. The number of fused-ring (bicyclic) bond motifs is 2. The van der Waals surface area contributed by atoms with E-state index in [-0.39, 0.29) is 5.91 Å². The van der Waals surface area contributed by atoms with Crippen molar-refractivity contribution in [2.24, 2.45) is 11.8 Å². The van der Waals surface area contributed by atoms with E-state index < -0.39 is 10.0 Å². The summed E-state index contributed by atoms with van der Waals surface area (Å²) in [6.45, 7) is 4.24. The Kier molecular flexibility index (Phi) is 5.61. The van der Waals surface area contributed by atoms with Gasteiger partial charge in [0, 0.05) is 19.0 Å². The molecule has 2 bridgehead atoms. The summed E-state index contributed by atoms with van der Waals surface area (Å²) in [5, 5.41) is 3.17. The predicted molar refractivity (Wildman–Crippen MR) is 105 cm³/mol. The van der Waals surface area contributed by atoms with Crippen molar-refractivity contribution in [3.63, 3.8) is 0 Å². The van der Waals surface area contributed by atoms with Crippen molar-refractivity contribution < 1.29 is 13.2 Å². The molecule has 6 heteroatoms. The van der Waals surface area contributed by atoms with Gasteiger partial charge in [0.15, 0.2) is 0 Å². The third-order valence-electron chi connectivity index (χ3n) is 5.74. The van der Waals surface area contributed by atoms with E-state index in [9.17, 15) is 13.2 Å². The number of hydrogen-bond acceptors (Lipinski definition) is 3. The highest BCUT2D eigenvalue weighted by molar-refractivity contribution is 7.92. The Labute approximate surface area is 157 Å². The van der Waals surface area contributed by atoms with Gasteiger partial charge < -0.3 is 5.32 Å². The maximum absolute atomic E-state index is 12.3. The molecule has 0 aliphatic heterocycles. The minimum Gasteiger partial charge on any atom is -0.353 e. The van der Waals surface area contributed by atoms with Gasteiger partial charge in [-0.2, -0.15) is 0 Å². The minimum absolute atomic E-state index is 0.0522. The second kappa shape index (κ2) is 7.59. The first kappa shape index (κ1) is 19.2. The largest absolute Gasteiger partial charge is 0.353 e. The normalized spacial score (nSPS) is 24.7. The van der Waals surface area contributed by atoms with Crippen LogP contribution in [0.15, 0.2) is 18.2 Å². The van der Waals surface area contributed by atoms with Gasteiger partial charge in [0.1, 0.15) is 0 Å². The highest BCUT2D eigenvalue weighted by Crippen LogP contribution is 2.44. The second-order valence-electron chi connectivity index (χ2n) is 8.13. The Bertz CT molecular complexity index is 755. The third-order valence-corrected chi connectivity index (χ3v) is 6.94. The van der Waals surface area contributed by atoms with Crippen LogP contribution in [0.1, 0.15) is 49.7 Å². The maximum Gasteiger partial charge on any atom is 0.232 e. The Morgan fingerprint density at radius 1 is 1.15 bits per heavy atom. The molecular formula is C20H30N2O3S. The van der Waals surface area contributed by atoms with E-state index in [1.165, 1.54) is 29.8 Å². The van der Waals surface area contributed by atoms with Crippen LogP contribution in [0.4, 0.5) is 5.69 Å². The lowest BCUT2D eigenvalue weighted by atomic mass is 9.95. The van der Waals surface area contributed by atoms with Crippen LogP contribution >= 0.6 is 0 Å². The van der Waals surface area contributed by atoms with Gasteiger partial charge in [-0.05, 0) is 74.6 Å². The van der Waals surface area contributed by atoms with Gasteiger partial charge in [0.25, 0.3) is 0 Å². The Morgan fingerprint density at radius 3 is 2.38 bits per heavy atom. The summed E-state index contributed by atoms with van der Waals surface area (Å²) in [4.78, 5) is 12.3. The molecule has 0 heterocycles. The van der Waals surface area contributed by atoms with Gasteiger partial charge in [-0.25, -0.2) is 8.42 Å². The van der Waals surface area contributed by atoms with Crippen LogP contribution in [-0.2, 0) is 14.8 Å². The highest BCUT2D eigenvalue weighted by atomic mass is 32.2. The number of rotatable bonds is 7. The Balaban J connectivity index is 1.55. The molecule has 0 aromatic heterocycles. The van der Waals surface area contributed by atoms with Crippen molar-refractivity contribution in [3.8, 4) is 0 Å². The first-order chi connectivity index (χ1) is 12.2. The molecule has 3 atom stereocenters. The standard InChI is InChI=1S/C20H30N2O3S/c1-14-9-15(2)11-18(10-14)22(26(3,24)25)8-4-5-20(23)21-19-13-16-6-7-17(19)12-16/h9-11,16-17,19H,4-8,12-13H2,1-3H3,(H,21,23)/t16-,17-,19-/m1/s1. The zero-order chi connectivity index (χ0) is 18.9. The summed E-state index contributed by atoms with van der Waals surface area (Å²) in [5.74, 6) is 1.51. The van der Waals surface area contributed by atoms with E-state index in [0.717, 1.165) is 23.5 Å². The van der Waals surface area contributed by atoms with E-state index in [0.29, 0.717) is 37.0 Å². The summed E-state index contributed by atoms with van der Waals surface area (Å²) in [6.07, 6.45) is 7.05. The molecule has 2 fully saturated rings. The number of amides is 1. The molecule has 3 rings (SSSR count). The van der Waals surface area contributed by atoms with Gasteiger partial charge in [-0.3, -0.25) is 9.10 Å². The number of hydrogen-bond donors (Lipinski definition) is 1. The van der Waals surface area contributed by atoms with E-state index in [2.05, 4.69) is 5.32 Å². The molecule has 1 N–H and O–H groups in total. The van der Waals surface area contributed by atoms with Gasteiger partial charge in [-0.15, -0.1) is 0 Å². The smallest absolute Gasteiger partial charge is 0.232 e. The van der Waals surface area contributed by atoms with E-state index in [1.54, 1.807) is 0 Å². The van der Waals surface area contributed by atoms with Gasteiger partial charge >= 0.3 is 0 Å². The van der Waals surface area contributed by atoms with Gasteiger partial charge in [0.05, 0.1) is 11.9 Å². The lowest BCUT2D eigenvalue weighted by molar-refractivity contribution is -0.122. The molecule has 1 amide bonds. The summed E-state index contributed by atoms with van der Waals surface area (Å²) in [5.41, 5.74) is 2.74. The van der Waals surface area contributed by atoms with Crippen molar-refractivity contribution in [3.05, 3.63) is 29.3 Å². The van der Waals surface area contributed by atoms with Gasteiger partial charge in [-0.1, -0.05) is 12.5 Å². The molecule has 2 aliphatic rings. The zero-order valence-corrected chi connectivity index (χ0v) is 16.8. The van der Waals surface area contributed by atoms with Gasteiger partial charge in [0.2, 0.25) is 15.9 Å². The first-order valence-corrected chi connectivity index (χ1v) is 11.4. The molecule has 0 spiro atoms. The van der Waals surface area contributed by atoms with Crippen molar-refractivity contribution in [1.82, 2.24) is 5.32 Å². The predicted octanol–water partition coefficient (Wildman–Crippen LogP) is 3.15. The maximum atomic E-state index is 12.3. The number of aryl methyl sites for hydroxylation is 2. The minimum atomic E-state index is -3.38. The molecule has 0 radical (unpaired) electrons. The molecule has 0 saturated heterocycles.